The van der Waals surface area contributed by atoms with Crippen molar-refractivity contribution in [2.75, 3.05) is 0 Å². The average Bonchev–Trinajstić information content (AvgIpc) is 3.15. The van der Waals surface area contributed by atoms with Crippen molar-refractivity contribution in [3.63, 3.8) is 0 Å². The van der Waals surface area contributed by atoms with Crippen LogP contribution in [0.4, 0.5) is 13.2 Å². The van der Waals surface area contributed by atoms with Gasteiger partial charge in [0.15, 0.2) is 6.20 Å². The van der Waals surface area contributed by atoms with Gasteiger partial charge in [0.1, 0.15) is 18.2 Å². The number of halogens is 3. The van der Waals surface area contributed by atoms with Crippen LogP contribution in [0.3, 0.4) is 0 Å². The van der Waals surface area contributed by atoms with Crippen molar-refractivity contribution in [1.29, 1.82) is 0 Å². The van der Waals surface area contributed by atoms with E-state index in [0.29, 0.717) is 27.7 Å². The van der Waals surface area contributed by atoms with Gasteiger partial charge >= 0.3 is 6.18 Å². The second-order valence-electron chi connectivity index (χ2n) is 12.1. The molecule has 0 aliphatic carbocycles. The first-order valence-electron chi connectivity index (χ1n) is 13.2. The van der Waals surface area contributed by atoms with E-state index in [1.54, 1.807) is 6.07 Å². The molecule has 0 aliphatic rings. The minimum atomic E-state index is -4.42. The molecule has 0 amide bonds. The summed E-state index contributed by atoms with van der Waals surface area (Å²) in [7, 11) is -0.288. The first kappa shape index (κ1) is 26.5. The third-order valence-electron chi connectivity index (χ3n) is 7.62. The number of furan rings is 1. The summed E-state index contributed by atoms with van der Waals surface area (Å²) in [6.45, 7) is 14.3. The van der Waals surface area contributed by atoms with E-state index in [4.69, 9.17) is 4.42 Å². The number of pyridine rings is 1. The molecule has 0 radical (unpaired) electrons. The zero-order valence-corrected chi connectivity index (χ0v) is 24.4. The van der Waals surface area contributed by atoms with Crippen molar-refractivity contribution in [2.24, 2.45) is 13.0 Å². The molecule has 198 valence electrons. The van der Waals surface area contributed by atoms with Gasteiger partial charge in [0, 0.05) is 16.8 Å². The Hall–Kier alpha value is -3.12. The molecule has 2 aromatic heterocycles. The number of rotatable bonds is 4. The standard InChI is InChI=1S/C32H35F3NOSi/c1-18(2)13-21-9-10-23-22(15-21)11-12-36(5)30(23)29-20(4)19(3)14-25-24-16-26(32(33,34)35)28(38(6,7)8)17-27(24)37-31(25)29/h9-12,14-18H,13H2,1-8H3/q+1. The summed E-state index contributed by atoms with van der Waals surface area (Å²) in [5.41, 5.74) is 5.92. The average molecular weight is 535 g/mol. The number of aryl methyl sites for hydroxylation is 2. The smallest absolute Gasteiger partial charge is 0.416 e. The largest absolute Gasteiger partial charge is 0.455 e. The van der Waals surface area contributed by atoms with Crippen LogP contribution in [0.2, 0.25) is 19.6 Å². The molecule has 0 N–H and O–H groups in total. The second-order valence-corrected chi connectivity index (χ2v) is 17.1. The lowest BCUT2D eigenvalue weighted by atomic mass is 9.92. The van der Waals surface area contributed by atoms with Gasteiger partial charge in [0.05, 0.1) is 24.6 Å². The molecule has 0 saturated heterocycles. The topological polar surface area (TPSA) is 17.0 Å². The van der Waals surface area contributed by atoms with Crippen molar-refractivity contribution in [2.45, 2.75) is 59.9 Å². The van der Waals surface area contributed by atoms with Gasteiger partial charge in [0.25, 0.3) is 0 Å². The van der Waals surface area contributed by atoms with Crippen LogP contribution in [0.1, 0.15) is 36.1 Å². The van der Waals surface area contributed by atoms with E-state index < -0.39 is 19.8 Å². The fourth-order valence-electron chi connectivity index (χ4n) is 5.66. The van der Waals surface area contributed by atoms with Crippen LogP contribution < -0.4 is 9.75 Å². The predicted octanol–water partition coefficient (Wildman–Crippen LogP) is 8.61. The van der Waals surface area contributed by atoms with Crippen LogP contribution in [0, 0.1) is 19.8 Å². The first-order valence-corrected chi connectivity index (χ1v) is 16.7. The highest BCUT2D eigenvalue weighted by Crippen LogP contribution is 2.42. The maximum absolute atomic E-state index is 14.2. The number of fused-ring (bicyclic) bond motifs is 4. The number of aromatic nitrogens is 1. The summed E-state index contributed by atoms with van der Waals surface area (Å²) in [4.78, 5) is 0. The summed E-state index contributed by atoms with van der Waals surface area (Å²) in [6, 6.07) is 13.7. The van der Waals surface area contributed by atoms with Crippen LogP contribution in [0.5, 0.6) is 0 Å². The maximum atomic E-state index is 14.2. The van der Waals surface area contributed by atoms with Gasteiger partial charge in [-0.25, -0.2) is 4.57 Å². The summed E-state index contributed by atoms with van der Waals surface area (Å²) in [6.07, 6.45) is -1.37. The van der Waals surface area contributed by atoms with E-state index in [9.17, 15) is 13.2 Å². The SMILES string of the molecule is Cc1cc2c(oc3cc([Si](C)(C)C)c(C(F)(F)F)cc32)c(-c2c3ccc(CC(C)C)cc3cc[n+]2C)c1C. The van der Waals surface area contributed by atoms with Gasteiger partial charge in [-0.05, 0) is 77.7 Å². The van der Waals surface area contributed by atoms with E-state index in [1.165, 1.54) is 11.6 Å². The number of hydrogen-bond acceptors (Lipinski definition) is 1. The summed E-state index contributed by atoms with van der Waals surface area (Å²) in [5.74, 6) is 0.559. The number of nitrogens with zero attached hydrogens (tertiary/aromatic N) is 1. The predicted molar refractivity (Wildman–Crippen MR) is 154 cm³/mol. The van der Waals surface area contributed by atoms with Gasteiger partial charge in [0.2, 0.25) is 5.69 Å². The molecule has 38 heavy (non-hydrogen) atoms. The van der Waals surface area contributed by atoms with Crippen LogP contribution in [0.15, 0.2) is 53.1 Å². The van der Waals surface area contributed by atoms with Crippen LogP contribution in [0.25, 0.3) is 44.0 Å². The van der Waals surface area contributed by atoms with Crippen molar-refractivity contribution in [3.05, 3.63) is 70.9 Å². The molecular formula is C32H35F3NOSi+. The number of benzene rings is 3. The van der Waals surface area contributed by atoms with E-state index in [0.717, 1.165) is 45.0 Å². The van der Waals surface area contributed by atoms with Crippen LogP contribution >= 0.6 is 0 Å². The van der Waals surface area contributed by atoms with Gasteiger partial charge in [-0.2, -0.15) is 13.2 Å². The molecule has 0 bridgehead atoms. The quantitative estimate of drug-likeness (QED) is 0.167. The lowest BCUT2D eigenvalue weighted by Crippen LogP contribution is -2.42. The molecule has 2 heterocycles. The normalized spacial score (nSPS) is 12.9. The molecule has 6 heteroatoms. The Kier molecular flexibility index (Phi) is 6.25. The Balaban J connectivity index is 1.88. The van der Waals surface area contributed by atoms with Crippen LogP contribution in [-0.2, 0) is 19.6 Å². The van der Waals surface area contributed by atoms with Crippen molar-refractivity contribution in [3.8, 4) is 11.3 Å². The maximum Gasteiger partial charge on any atom is 0.416 e. The molecule has 0 atom stereocenters. The monoisotopic (exact) mass is 534 g/mol. The molecule has 0 unspecified atom stereocenters. The Morgan fingerprint density at radius 2 is 1.63 bits per heavy atom. The highest BCUT2D eigenvalue weighted by molar-refractivity contribution is 6.89. The third-order valence-corrected chi connectivity index (χ3v) is 9.65. The van der Waals surface area contributed by atoms with Crippen molar-refractivity contribution >= 4 is 46.0 Å². The summed E-state index contributed by atoms with van der Waals surface area (Å²) in [5, 5.41) is 3.85. The van der Waals surface area contributed by atoms with Crippen molar-refractivity contribution in [1.82, 2.24) is 0 Å². The fourth-order valence-corrected chi connectivity index (χ4v) is 7.24. The number of alkyl halides is 3. The van der Waals surface area contributed by atoms with Crippen LogP contribution in [-0.4, -0.2) is 8.07 Å². The van der Waals surface area contributed by atoms with Gasteiger partial charge in [-0.3, -0.25) is 0 Å². The molecule has 2 nitrogen and oxygen atoms in total. The Morgan fingerprint density at radius 1 is 0.921 bits per heavy atom. The van der Waals surface area contributed by atoms with Gasteiger partial charge in [-0.1, -0.05) is 45.6 Å². The van der Waals surface area contributed by atoms with Gasteiger partial charge < -0.3 is 4.42 Å². The molecule has 5 rings (SSSR count). The Labute approximate surface area is 223 Å². The molecule has 0 saturated carbocycles. The molecule has 5 aromatic rings. The molecule has 0 aliphatic heterocycles. The van der Waals surface area contributed by atoms with E-state index in [2.05, 4.69) is 55.8 Å². The lowest BCUT2D eigenvalue weighted by molar-refractivity contribution is -0.659. The third kappa shape index (κ3) is 4.43. The molecule has 0 fully saturated rings. The lowest BCUT2D eigenvalue weighted by Gasteiger charge is -2.22. The Morgan fingerprint density at radius 3 is 2.26 bits per heavy atom. The first-order chi connectivity index (χ1) is 17.7. The molecular weight excluding hydrogens is 499 g/mol. The van der Waals surface area contributed by atoms with E-state index in [1.807, 2.05) is 39.7 Å². The molecule has 3 aromatic carbocycles. The van der Waals surface area contributed by atoms with E-state index >= 15 is 0 Å². The van der Waals surface area contributed by atoms with Gasteiger partial charge in [-0.15, -0.1) is 0 Å². The summed E-state index contributed by atoms with van der Waals surface area (Å²) >= 11 is 0. The zero-order chi connectivity index (χ0) is 27.7. The van der Waals surface area contributed by atoms with E-state index in [-0.39, 0.29) is 0 Å². The highest BCUT2D eigenvalue weighted by Gasteiger charge is 2.38. The zero-order valence-electron chi connectivity index (χ0n) is 23.4. The minimum absolute atomic E-state index is 0.375. The van der Waals surface area contributed by atoms with Crippen molar-refractivity contribution < 1.29 is 22.2 Å². The number of hydrogen-bond donors (Lipinski definition) is 0. The highest BCUT2D eigenvalue weighted by atomic mass is 28.3. The Bertz CT molecular complexity index is 1720. The summed E-state index contributed by atoms with van der Waals surface area (Å²) < 4.78 is 51.3. The second kappa shape index (κ2) is 8.97. The minimum Gasteiger partial charge on any atom is -0.455 e. The molecule has 0 spiro atoms. The fraction of sp³-hybridized carbons (Fsp3) is 0.344.